The molecule has 0 radical (unpaired) electrons. The molecule has 1 atom stereocenters. The third-order valence-corrected chi connectivity index (χ3v) is 6.09. The zero-order chi connectivity index (χ0) is 23.5. The molecule has 7 nitrogen and oxygen atoms in total. The van der Waals surface area contributed by atoms with Crippen molar-refractivity contribution in [3.05, 3.63) is 71.0 Å². The lowest BCUT2D eigenvalue weighted by Gasteiger charge is -2.32. The van der Waals surface area contributed by atoms with Crippen LogP contribution in [0.2, 0.25) is 0 Å². The number of hydrogen-bond acceptors (Lipinski definition) is 5. The van der Waals surface area contributed by atoms with Crippen molar-refractivity contribution in [2.45, 2.75) is 26.7 Å². The molecular formula is C26H29N3O4. The Morgan fingerprint density at radius 1 is 0.970 bits per heavy atom. The number of Topliss-reactive ketones (excluding diaryl/α,β-unsaturated/α-hetero) is 1. The van der Waals surface area contributed by atoms with Crippen LogP contribution in [0.5, 0.6) is 11.5 Å². The van der Waals surface area contributed by atoms with Crippen LogP contribution in [-0.2, 0) is 0 Å². The molecule has 172 valence electrons. The van der Waals surface area contributed by atoms with Crippen molar-refractivity contribution in [1.82, 2.24) is 14.7 Å². The monoisotopic (exact) mass is 447 g/mol. The van der Waals surface area contributed by atoms with E-state index < -0.39 is 0 Å². The summed E-state index contributed by atoms with van der Waals surface area (Å²) in [5.41, 5.74) is 3.95. The van der Waals surface area contributed by atoms with E-state index in [1.807, 2.05) is 48.9 Å². The summed E-state index contributed by atoms with van der Waals surface area (Å²) < 4.78 is 12.4. The van der Waals surface area contributed by atoms with Crippen molar-refractivity contribution in [2.24, 2.45) is 5.92 Å². The van der Waals surface area contributed by atoms with Gasteiger partial charge >= 0.3 is 0 Å². The molecule has 1 unspecified atom stereocenters. The zero-order valence-corrected chi connectivity index (χ0v) is 19.5. The number of ketones is 1. The molecule has 1 fully saturated rings. The summed E-state index contributed by atoms with van der Waals surface area (Å²) in [4.78, 5) is 28.3. The van der Waals surface area contributed by atoms with Crippen LogP contribution in [0, 0.1) is 19.8 Å². The Hall–Kier alpha value is -3.61. The first-order valence-corrected chi connectivity index (χ1v) is 11.1. The average Bonchev–Trinajstić information content (AvgIpc) is 3.20. The molecule has 4 rings (SSSR count). The zero-order valence-electron chi connectivity index (χ0n) is 19.5. The first kappa shape index (κ1) is 22.6. The van der Waals surface area contributed by atoms with Crippen LogP contribution < -0.4 is 9.47 Å². The van der Waals surface area contributed by atoms with Gasteiger partial charge in [-0.1, -0.05) is 6.07 Å². The van der Waals surface area contributed by atoms with Crippen LogP contribution >= 0.6 is 0 Å². The highest BCUT2D eigenvalue weighted by molar-refractivity contribution is 6.00. The molecule has 3 aromatic rings. The minimum absolute atomic E-state index is 0.0184. The summed E-state index contributed by atoms with van der Waals surface area (Å²) in [5.74, 6) is 0.804. The number of ether oxygens (including phenoxy) is 2. The van der Waals surface area contributed by atoms with Crippen molar-refractivity contribution in [3.63, 3.8) is 0 Å². The van der Waals surface area contributed by atoms with Gasteiger partial charge in [0.15, 0.2) is 17.3 Å². The quantitative estimate of drug-likeness (QED) is 0.529. The normalized spacial score (nSPS) is 15.9. The van der Waals surface area contributed by atoms with Crippen LogP contribution in [-0.4, -0.2) is 53.7 Å². The molecule has 1 amide bonds. The number of benzene rings is 2. The summed E-state index contributed by atoms with van der Waals surface area (Å²) in [6.07, 6.45) is 1.54. The van der Waals surface area contributed by atoms with Gasteiger partial charge in [-0.2, -0.15) is 5.10 Å². The smallest absolute Gasteiger partial charge is 0.253 e. The first-order chi connectivity index (χ1) is 15.9. The summed E-state index contributed by atoms with van der Waals surface area (Å²) in [5, 5.41) is 4.52. The number of carbonyl (C=O) groups is 2. The van der Waals surface area contributed by atoms with Gasteiger partial charge in [0.05, 0.1) is 25.6 Å². The molecule has 1 aliphatic rings. The van der Waals surface area contributed by atoms with Crippen molar-refractivity contribution < 1.29 is 19.1 Å². The van der Waals surface area contributed by atoms with Crippen LogP contribution in [0.3, 0.4) is 0 Å². The van der Waals surface area contributed by atoms with Gasteiger partial charge in [-0.05, 0) is 69.2 Å². The van der Waals surface area contributed by atoms with Gasteiger partial charge in [-0.15, -0.1) is 0 Å². The molecule has 33 heavy (non-hydrogen) atoms. The Bertz CT molecular complexity index is 1180. The number of methoxy groups -OCH3 is 2. The molecule has 0 N–H and O–H groups in total. The Labute approximate surface area is 193 Å². The van der Waals surface area contributed by atoms with Gasteiger partial charge in [0.2, 0.25) is 0 Å². The number of aryl methyl sites for hydroxylation is 2. The molecule has 0 saturated carbocycles. The minimum Gasteiger partial charge on any atom is -0.493 e. The van der Waals surface area contributed by atoms with E-state index in [4.69, 9.17) is 9.47 Å². The maximum absolute atomic E-state index is 13.3. The third-order valence-electron chi connectivity index (χ3n) is 6.09. The van der Waals surface area contributed by atoms with E-state index in [9.17, 15) is 9.59 Å². The van der Waals surface area contributed by atoms with Gasteiger partial charge in [0.1, 0.15) is 0 Å². The Morgan fingerprint density at radius 3 is 2.45 bits per heavy atom. The fourth-order valence-corrected chi connectivity index (χ4v) is 4.44. The topological polar surface area (TPSA) is 73.7 Å². The largest absolute Gasteiger partial charge is 0.493 e. The molecule has 1 aromatic heterocycles. The second-order valence-electron chi connectivity index (χ2n) is 8.41. The predicted molar refractivity (Wildman–Crippen MR) is 126 cm³/mol. The fraction of sp³-hybridized carbons (Fsp3) is 0.346. The molecule has 0 bridgehead atoms. The maximum Gasteiger partial charge on any atom is 0.253 e. The fourth-order valence-electron chi connectivity index (χ4n) is 4.44. The van der Waals surface area contributed by atoms with E-state index in [-0.39, 0.29) is 17.6 Å². The lowest BCUT2D eigenvalue weighted by Crippen LogP contribution is -2.42. The molecule has 2 heterocycles. The molecule has 7 heteroatoms. The van der Waals surface area contributed by atoms with Crippen molar-refractivity contribution in [3.8, 4) is 17.2 Å². The summed E-state index contributed by atoms with van der Waals surface area (Å²) in [6, 6.07) is 14.7. The van der Waals surface area contributed by atoms with E-state index in [1.165, 1.54) is 0 Å². The number of carbonyl (C=O) groups excluding carboxylic acids is 2. The van der Waals surface area contributed by atoms with Crippen molar-refractivity contribution in [1.29, 1.82) is 0 Å². The van der Waals surface area contributed by atoms with Gasteiger partial charge in [-0.3, -0.25) is 9.59 Å². The summed E-state index contributed by atoms with van der Waals surface area (Å²) in [7, 11) is 3.11. The van der Waals surface area contributed by atoms with Gasteiger partial charge in [-0.25, -0.2) is 4.68 Å². The SMILES string of the molecule is COc1ccc(C(=O)C2CCCN(C(=O)c3cccc(-n4nc(C)cc4C)c3)C2)cc1OC. The molecule has 0 spiro atoms. The molecular weight excluding hydrogens is 418 g/mol. The number of amides is 1. The van der Waals surface area contributed by atoms with Crippen LogP contribution in [0.25, 0.3) is 5.69 Å². The number of nitrogens with zero attached hydrogens (tertiary/aromatic N) is 3. The van der Waals surface area contributed by atoms with Crippen molar-refractivity contribution >= 4 is 11.7 Å². The van der Waals surface area contributed by atoms with Crippen LogP contribution in [0.1, 0.15) is 44.9 Å². The Kier molecular flexibility index (Phi) is 6.49. The second-order valence-corrected chi connectivity index (χ2v) is 8.41. The number of likely N-dealkylation sites (tertiary alicyclic amines) is 1. The van der Waals surface area contributed by atoms with Gasteiger partial charge < -0.3 is 14.4 Å². The van der Waals surface area contributed by atoms with E-state index in [0.29, 0.717) is 35.7 Å². The number of piperidine rings is 1. The lowest BCUT2D eigenvalue weighted by molar-refractivity contribution is 0.0637. The predicted octanol–water partition coefficient (Wildman–Crippen LogP) is 4.24. The molecule has 1 aliphatic heterocycles. The highest BCUT2D eigenvalue weighted by Crippen LogP contribution is 2.30. The van der Waals surface area contributed by atoms with Gasteiger partial charge in [0, 0.05) is 35.8 Å². The van der Waals surface area contributed by atoms with Crippen LogP contribution in [0.4, 0.5) is 0 Å². The number of hydrogen-bond donors (Lipinski definition) is 0. The maximum atomic E-state index is 13.3. The van der Waals surface area contributed by atoms with Gasteiger partial charge in [0.25, 0.3) is 5.91 Å². The van der Waals surface area contributed by atoms with Crippen LogP contribution in [0.15, 0.2) is 48.5 Å². The van der Waals surface area contributed by atoms with E-state index in [0.717, 1.165) is 29.9 Å². The van der Waals surface area contributed by atoms with E-state index >= 15 is 0 Å². The molecule has 2 aromatic carbocycles. The third kappa shape index (κ3) is 4.62. The summed E-state index contributed by atoms with van der Waals surface area (Å²) in [6.45, 7) is 4.97. The minimum atomic E-state index is -0.250. The summed E-state index contributed by atoms with van der Waals surface area (Å²) >= 11 is 0. The van der Waals surface area contributed by atoms with E-state index in [1.54, 1.807) is 37.3 Å². The second kappa shape index (κ2) is 9.48. The van der Waals surface area contributed by atoms with E-state index in [2.05, 4.69) is 5.10 Å². The Morgan fingerprint density at radius 2 is 1.76 bits per heavy atom. The molecule has 1 saturated heterocycles. The first-order valence-electron chi connectivity index (χ1n) is 11.1. The standard InChI is InChI=1S/C26H29N3O4/c1-17-13-18(2)29(27-17)22-9-5-7-20(14-22)26(31)28-12-6-8-21(16-28)25(30)19-10-11-23(32-3)24(15-19)33-4/h5,7,9-11,13-15,21H,6,8,12,16H2,1-4H3. The average molecular weight is 448 g/mol. The highest BCUT2D eigenvalue weighted by Gasteiger charge is 2.30. The highest BCUT2D eigenvalue weighted by atomic mass is 16.5. The van der Waals surface area contributed by atoms with Crippen molar-refractivity contribution in [2.75, 3.05) is 27.3 Å². The molecule has 0 aliphatic carbocycles. The Balaban J connectivity index is 1.52. The number of rotatable bonds is 6. The number of aromatic nitrogens is 2. The lowest BCUT2D eigenvalue weighted by atomic mass is 9.89.